The Morgan fingerprint density at radius 2 is 2.36 bits per heavy atom. The monoisotopic (exact) mass is 207 g/mol. The standard InChI is InChI=1S/C10H13N3S/c11-4-6-14-8-9-7-12-10-3-1-2-5-13(9)10/h1-3,5,7H,4,6,8,11H2. The first-order valence-electron chi connectivity index (χ1n) is 4.60. The van der Waals surface area contributed by atoms with Gasteiger partial charge in [-0.3, -0.25) is 0 Å². The summed E-state index contributed by atoms with van der Waals surface area (Å²) in [7, 11) is 0. The maximum absolute atomic E-state index is 5.44. The third kappa shape index (κ3) is 1.91. The smallest absolute Gasteiger partial charge is 0.136 e. The summed E-state index contributed by atoms with van der Waals surface area (Å²) in [5.41, 5.74) is 7.68. The van der Waals surface area contributed by atoms with Gasteiger partial charge in [0.1, 0.15) is 5.65 Å². The minimum Gasteiger partial charge on any atom is -0.330 e. The zero-order valence-electron chi connectivity index (χ0n) is 7.89. The number of fused-ring (bicyclic) bond motifs is 1. The largest absolute Gasteiger partial charge is 0.330 e. The second kappa shape index (κ2) is 4.48. The van der Waals surface area contributed by atoms with Crippen LogP contribution in [0.15, 0.2) is 30.6 Å². The summed E-state index contributed by atoms with van der Waals surface area (Å²) in [4.78, 5) is 4.32. The summed E-state index contributed by atoms with van der Waals surface area (Å²) in [5, 5.41) is 0. The Balaban J connectivity index is 2.17. The molecule has 74 valence electrons. The van der Waals surface area contributed by atoms with Gasteiger partial charge in [0.25, 0.3) is 0 Å². The summed E-state index contributed by atoms with van der Waals surface area (Å²) in [5.74, 6) is 1.97. The third-order valence-corrected chi connectivity index (χ3v) is 3.03. The summed E-state index contributed by atoms with van der Waals surface area (Å²) in [6, 6.07) is 6.03. The second-order valence-corrected chi connectivity index (χ2v) is 4.12. The molecule has 0 atom stereocenters. The highest BCUT2D eigenvalue weighted by atomic mass is 32.2. The van der Waals surface area contributed by atoms with E-state index in [9.17, 15) is 0 Å². The van der Waals surface area contributed by atoms with Gasteiger partial charge in [0.05, 0.1) is 11.9 Å². The quantitative estimate of drug-likeness (QED) is 0.773. The van der Waals surface area contributed by atoms with Crippen molar-refractivity contribution in [2.24, 2.45) is 5.73 Å². The van der Waals surface area contributed by atoms with E-state index in [4.69, 9.17) is 5.73 Å². The molecule has 0 fully saturated rings. The molecule has 0 spiro atoms. The molecule has 2 N–H and O–H groups in total. The van der Waals surface area contributed by atoms with E-state index >= 15 is 0 Å². The van der Waals surface area contributed by atoms with E-state index in [1.165, 1.54) is 5.69 Å². The van der Waals surface area contributed by atoms with Crippen LogP contribution in [-0.4, -0.2) is 21.7 Å². The molecule has 2 heterocycles. The Morgan fingerprint density at radius 3 is 3.21 bits per heavy atom. The maximum atomic E-state index is 5.44. The fourth-order valence-electron chi connectivity index (χ4n) is 1.35. The zero-order chi connectivity index (χ0) is 9.80. The molecule has 4 heteroatoms. The van der Waals surface area contributed by atoms with Crippen molar-refractivity contribution in [1.82, 2.24) is 9.38 Å². The van der Waals surface area contributed by atoms with Crippen molar-refractivity contribution in [3.8, 4) is 0 Å². The van der Waals surface area contributed by atoms with E-state index in [0.717, 1.165) is 23.7 Å². The molecule has 0 saturated heterocycles. The van der Waals surface area contributed by atoms with Crippen molar-refractivity contribution in [3.05, 3.63) is 36.3 Å². The van der Waals surface area contributed by atoms with E-state index in [0.29, 0.717) is 0 Å². The molecule has 0 amide bonds. The van der Waals surface area contributed by atoms with Crippen LogP contribution < -0.4 is 5.73 Å². The van der Waals surface area contributed by atoms with Crippen molar-refractivity contribution in [2.45, 2.75) is 5.75 Å². The predicted octanol–water partition coefficient (Wildman–Crippen LogP) is 1.53. The average molecular weight is 207 g/mol. The molecule has 0 unspecified atom stereocenters. The maximum Gasteiger partial charge on any atom is 0.136 e. The SMILES string of the molecule is NCCSCc1cnc2ccccn12. The third-order valence-electron chi connectivity index (χ3n) is 2.01. The van der Waals surface area contributed by atoms with Gasteiger partial charge >= 0.3 is 0 Å². The molecule has 0 radical (unpaired) electrons. The summed E-state index contributed by atoms with van der Waals surface area (Å²) < 4.78 is 2.11. The Labute approximate surface area is 87.3 Å². The molecule has 2 aromatic heterocycles. The second-order valence-electron chi connectivity index (χ2n) is 3.02. The van der Waals surface area contributed by atoms with Gasteiger partial charge < -0.3 is 10.1 Å². The van der Waals surface area contributed by atoms with Crippen molar-refractivity contribution in [3.63, 3.8) is 0 Å². The number of aromatic nitrogens is 2. The number of nitrogens with zero attached hydrogens (tertiary/aromatic N) is 2. The summed E-state index contributed by atoms with van der Waals surface area (Å²) in [6.45, 7) is 0.738. The lowest BCUT2D eigenvalue weighted by Crippen LogP contribution is -2.01. The number of rotatable bonds is 4. The molecule has 0 saturated carbocycles. The highest BCUT2D eigenvalue weighted by Gasteiger charge is 2.00. The highest BCUT2D eigenvalue weighted by molar-refractivity contribution is 7.98. The van der Waals surface area contributed by atoms with E-state index in [-0.39, 0.29) is 0 Å². The van der Waals surface area contributed by atoms with Gasteiger partial charge in [0.15, 0.2) is 0 Å². The minimum absolute atomic E-state index is 0.738. The lowest BCUT2D eigenvalue weighted by Gasteiger charge is -2.00. The van der Waals surface area contributed by atoms with Crippen LogP contribution in [0.25, 0.3) is 5.65 Å². The Kier molecular flexibility index (Phi) is 3.06. The van der Waals surface area contributed by atoms with E-state index in [2.05, 4.69) is 9.38 Å². The minimum atomic E-state index is 0.738. The lowest BCUT2D eigenvalue weighted by atomic mass is 10.4. The zero-order valence-corrected chi connectivity index (χ0v) is 8.70. The average Bonchev–Trinajstić information content (AvgIpc) is 2.63. The van der Waals surface area contributed by atoms with Gasteiger partial charge in [0.2, 0.25) is 0 Å². The summed E-state index contributed by atoms with van der Waals surface area (Å²) in [6.07, 6.45) is 3.97. The number of hydrogen-bond donors (Lipinski definition) is 1. The van der Waals surface area contributed by atoms with Crippen LogP contribution in [0.2, 0.25) is 0 Å². The molecule has 0 aliphatic heterocycles. The number of nitrogens with two attached hydrogens (primary N) is 1. The molecule has 0 aliphatic rings. The van der Waals surface area contributed by atoms with Gasteiger partial charge in [-0.25, -0.2) is 4.98 Å². The van der Waals surface area contributed by atoms with Crippen molar-refractivity contribution < 1.29 is 0 Å². The topological polar surface area (TPSA) is 43.3 Å². The summed E-state index contributed by atoms with van der Waals surface area (Å²) >= 11 is 1.84. The number of pyridine rings is 1. The first-order chi connectivity index (χ1) is 6.92. The Hall–Kier alpha value is -1.00. The first-order valence-corrected chi connectivity index (χ1v) is 5.76. The fraction of sp³-hybridized carbons (Fsp3) is 0.300. The van der Waals surface area contributed by atoms with Gasteiger partial charge in [-0.05, 0) is 12.1 Å². The number of hydrogen-bond acceptors (Lipinski definition) is 3. The molecule has 0 bridgehead atoms. The van der Waals surface area contributed by atoms with E-state index in [1.54, 1.807) is 0 Å². The molecule has 14 heavy (non-hydrogen) atoms. The molecule has 2 aromatic rings. The van der Waals surface area contributed by atoms with Crippen LogP contribution in [0, 0.1) is 0 Å². The van der Waals surface area contributed by atoms with Crippen LogP contribution in [0.3, 0.4) is 0 Å². The molecule has 0 aliphatic carbocycles. The first kappa shape index (κ1) is 9.55. The molecular weight excluding hydrogens is 194 g/mol. The van der Waals surface area contributed by atoms with Gasteiger partial charge in [-0.2, -0.15) is 11.8 Å². The fourth-order valence-corrected chi connectivity index (χ4v) is 2.09. The van der Waals surface area contributed by atoms with E-state index < -0.39 is 0 Å². The van der Waals surface area contributed by atoms with Crippen molar-refractivity contribution in [1.29, 1.82) is 0 Å². The van der Waals surface area contributed by atoms with Crippen molar-refractivity contribution in [2.75, 3.05) is 12.3 Å². The lowest BCUT2D eigenvalue weighted by molar-refractivity contribution is 1.09. The van der Waals surface area contributed by atoms with Crippen LogP contribution >= 0.6 is 11.8 Å². The van der Waals surface area contributed by atoms with Crippen LogP contribution in [0.4, 0.5) is 0 Å². The van der Waals surface area contributed by atoms with Crippen LogP contribution in [0.5, 0.6) is 0 Å². The van der Waals surface area contributed by atoms with Gasteiger partial charge in [-0.1, -0.05) is 6.07 Å². The van der Waals surface area contributed by atoms with Gasteiger partial charge in [0, 0.05) is 24.2 Å². The molecule has 2 rings (SSSR count). The molecule has 0 aromatic carbocycles. The van der Waals surface area contributed by atoms with Crippen LogP contribution in [-0.2, 0) is 5.75 Å². The van der Waals surface area contributed by atoms with Crippen LogP contribution in [0.1, 0.15) is 5.69 Å². The van der Waals surface area contributed by atoms with E-state index in [1.807, 2.05) is 42.4 Å². The predicted molar refractivity (Wildman–Crippen MR) is 60.4 cm³/mol. The molecule has 3 nitrogen and oxygen atoms in total. The number of thioether (sulfide) groups is 1. The molecular formula is C10H13N3S. The normalized spacial score (nSPS) is 10.9. The number of imidazole rings is 1. The Bertz CT molecular complexity index is 410. The van der Waals surface area contributed by atoms with Crippen molar-refractivity contribution >= 4 is 17.4 Å². The highest BCUT2D eigenvalue weighted by Crippen LogP contribution is 2.13. The Morgan fingerprint density at radius 1 is 1.43 bits per heavy atom. The van der Waals surface area contributed by atoms with Gasteiger partial charge in [-0.15, -0.1) is 0 Å².